The Labute approximate surface area is 103 Å². The van der Waals surface area contributed by atoms with Crippen LogP contribution >= 0.6 is 0 Å². The summed E-state index contributed by atoms with van der Waals surface area (Å²) in [7, 11) is 2.16. The van der Waals surface area contributed by atoms with E-state index in [0.717, 1.165) is 26.1 Å². The SMILES string of the molecule is CN(C1CCOCC1)C(CN)c1ccncc1. The van der Waals surface area contributed by atoms with Crippen LogP contribution in [-0.4, -0.2) is 42.7 Å². The van der Waals surface area contributed by atoms with Gasteiger partial charge in [-0.3, -0.25) is 9.88 Å². The summed E-state index contributed by atoms with van der Waals surface area (Å²) in [6, 6.07) is 4.95. The van der Waals surface area contributed by atoms with Crippen LogP contribution in [0.5, 0.6) is 0 Å². The van der Waals surface area contributed by atoms with Crippen LogP contribution < -0.4 is 5.73 Å². The first-order valence-corrected chi connectivity index (χ1v) is 6.22. The summed E-state index contributed by atoms with van der Waals surface area (Å²) in [5.41, 5.74) is 7.17. The molecule has 2 N–H and O–H groups in total. The van der Waals surface area contributed by atoms with Gasteiger partial charge in [0.25, 0.3) is 0 Å². The van der Waals surface area contributed by atoms with E-state index >= 15 is 0 Å². The summed E-state index contributed by atoms with van der Waals surface area (Å²) in [5.74, 6) is 0. The minimum absolute atomic E-state index is 0.279. The second-order valence-electron chi connectivity index (χ2n) is 4.54. The van der Waals surface area contributed by atoms with Gasteiger partial charge in [-0.25, -0.2) is 0 Å². The quantitative estimate of drug-likeness (QED) is 0.852. The van der Waals surface area contributed by atoms with Gasteiger partial charge in [-0.2, -0.15) is 0 Å². The van der Waals surface area contributed by atoms with Crippen LogP contribution in [0, 0.1) is 0 Å². The zero-order valence-electron chi connectivity index (χ0n) is 10.4. The number of nitrogens with zero attached hydrogens (tertiary/aromatic N) is 2. The number of aromatic nitrogens is 1. The second-order valence-corrected chi connectivity index (χ2v) is 4.54. The van der Waals surface area contributed by atoms with E-state index in [9.17, 15) is 0 Å². The third-order valence-corrected chi connectivity index (χ3v) is 3.57. The Balaban J connectivity index is 2.07. The fraction of sp³-hybridized carbons (Fsp3) is 0.615. The molecule has 1 unspecified atom stereocenters. The highest BCUT2D eigenvalue weighted by atomic mass is 16.5. The van der Waals surface area contributed by atoms with Crippen molar-refractivity contribution < 1.29 is 4.74 Å². The van der Waals surface area contributed by atoms with Gasteiger partial charge >= 0.3 is 0 Å². The fourth-order valence-electron chi connectivity index (χ4n) is 2.47. The predicted molar refractivity (Wildman–Crippen MR) is 67.6 cm³/mol. The van der Waals surface area contributed by atoms with Crippen molar-refractivity contribution in [2.75, 3.05) is 26.8 Å². The zero-order chi connectivity index (χ0) is 12.1. The number of rotatable bonds is 4. The van der Waals surface area contributed by atoms with Crippen LogP contribution in [0.2, 0.25) is 0 Å². The van der Waals surface area contributed by atoms with Crippen LogP contribution in [0.15, 0.2) is 24.5 Å². The number of nitrogens with two attached hydrogens (primary N) is 1. The van der Waals surface area contributed by atoms with E-state index in [-0.39, 0.29) is 6.04 Å². The molecule has 17 heavy (non-hydrogen) atoms. The second kappa shape index (κ2) is 6.10. The molecular formula is C13H21N3O. The number of likely N-dealkylation sites (N-methyl/N-ethyl adjacent to an activating group) is 1. The van der Waals surface area contributed by atoms with Gasteiger partial charge in [0.1, 0.15) is 0 Å². The average Bonchev–Trinajstić information content (AvgIpc) is 2.42. The third-order valence-electron chi connectivity index (χ3n) is 3.57. The van der Waals surface area contributed by atoms with Gasteiger partial charge in [-0.05, 0) is 37.6 Å². The van der Waals surface area contributed by atoms with Crippen LogP contribution in [0.4, 0.5) is 0 Å². The van der Waals surface area contributed by atoms with E-state index in [4.69, 9.17) is 10.5 Å². The largest absolute Gasteiger partial charge is 0.381 e. The van der Waals surface area contributed by atoms with Crippen molar-refractivity contribution in [2.24, 2.45) is 5.73 Å². The van der Waals surface area contributed by atoms with Crippen LogP contribution in [0.3, 0.4) is 0 Å². The lowest BCUT2D eigenvalue weighted by Crippen LogP contribution is -2.41. The smallest absolute Gasteiger partial charge is 0.0480 e. The van der Waals surface area contributed by atoms with Crippen molar-refractivity contribution in [1.82, 2.24) is 9.88 Å². The Hall–Kier alpha value is -0.970. The molecule has 0 bridgehead atoms. The zero-order valence-corrected chi connectivity index (χ0v) is 10.4. The maximum absolute atomic E-state index is 5.92. The molecule has 0 aromatic carbocycles. The Kier molecular flexibility index (Phi) is 4.48. The normalized spacial score (nSPS) is 19.5. The molecule has 0 amide bonds. The lowest BCUT2D eigenvalue weighted by Gasteiger charge is -2.36. The summed E-state index contributed by atoms with van der Waals surface area (Å²) in [6.07, 6.45) is 5.85. The van der Waals surface area contributed by atoms with Crippen molar-refractivity contribution in [3.8, 4) is 0 Å². The average molecular weight is 235 g/mol. The molecule has 1 aromatic heterocycles. The highest BCUT2D eigenvalue weighted by Crippen LogP contribution is 2.24. The number of hydrogen-bond donors (Lipinski definition) is 1. The topological polar surface area (TPSA) is 51.4 Å². The lowest BCUT2D eigenvalue weighted by molar-refractivity contribution is 0.0294. The highest BCUT2D eigenvalue weighted by Gasteiger charge is 2.24. The van der Waals surface area contributed by atoms with Crippen molar-refractivity contribution in [3.05, 3.63) is 30.1 Å². The van der Waals surface area contributed by atoms with Crippen molar-refractivity contribution in [2.45, 2.75) is 24.9 Å². The first-order chi connectivity index (χ1) is 8.33. The molecule has 0 aliphatic carbocycles. The maximum Gasteiger partial charge on any atom is 0.0480 e. The molecule has 1 fully saturated rings. The Morgan fingerprint density at radius 1 is 1.41 bits per heavy atom. The van der Waals surface area contributed by atoms with E-state index in [0.29, 0.717) is 12.6 Å². The standard InChI is InChI=1S/C13H21N3O/c1-16(12-4-8-17-9-5-12)13(10-14)11-2-6-15-7-3-11/h2-3,6-7,12-13H,4-5,8-10,14H2,1H3. The summed E-state index contributed by atoms with van der Waals surface area (Å²) >= 11 is 0. The molecule has 4 heteroatoms. The van der Waals surface area contributed by atoms with Gasteiger partial charge < -0.3 is 10.5 Å². The lowest BCUT2D eigenvalue weighted by atomic mass is 10.0. The summed E-state index contributed by atoms with van der Waals surface area (Å²) in [6.45, 7) is 2.36. The maximum atomic E-state index is 5.92. The highest BCUT2D eigenvalue weighted by molar-refractivity contribution is 5.15. The van der Waals surface area contributed by atoms with Crippen LogP contribution in [0.1, 0.15) is 24.4 Å². The van der Waals surface area contributed by atoms with Gasteiger partial charge in [0.05, 0.1) is 0 Å². The van der Waals surface area contributed by atoms with E-state index in [1.807, 2.05) is 24.5 Å². The molecule has 0 radical (unpaired) electrons. The van der Waals surface area contributed by atoms with Crippen LogP contribution in [-0.2, 0) is 4.74 Å². The fourth-order valence-corrected chi connectivity index (χ4v) is 2.47. The van der Waals surface area contributed by atoms with Crippen molar-refractivity contribution in [3.63, 3.8) is 0 Å². The molecule has 0 spiro atoms. The van der Waals surface area contributed by atoms with Crippen molar-refractivity contribution in [1.29, 1.82) is 0 Å². The van der Waals surface area contributed by atoms with Gasteiger partial charge in [-0.1, -0.05) is 0 Å². The number of ether oxygens (including phenoxy) is 1. The minimum atomic E-state index is 0.279. The first-order valence-electron chi connectivity index (χ1n) is 6.22. The molecule has 2 heterocycles. The minimum Gasteiger partial charge on any atom is -0.381 e. The molecule has 1 aromatic rings. The van der Waals surface area contributed by atoms with E-state index in [1.165, 1.54) is 5.56 Å². The Morgan fingerprint density at radius 2 is 2.06 bits per heavy atom. The molecule has 1 saturated heterocycles. The predicted octanol–water partition coefficient (Wildman–Crippen LogP) is 1.19. The van der Waals surface area contributed by atoms with E-state index < -0.39 is 0 Å². The van der Waals surface area contributed by atoms with Gasteiger partial charge in [0.15, 0.2) is 0 Å². The molecule has 1 atom stereocenters. The molecule has 4 nitrogen and oxygen atoms in total. The summed E-state index contributed by atoms with van der Waals surface area (Å²) in [4.78, 5) is 6.44. The van der Waals surface area contributed by atoms with Gasteiger partial charge in [0, 0.05) is 44.2 Å². The molecule has 94 valence electrons. The van der Waals surface area contributed by atoms with E-state index in [1.54, 1.807) is 0 Å². The molecular weight excluding hydrogens is 214 g/mol. The van der Waals surface area contributed by atoms with Gasteiger partial charge in [0.2, 0.25) is 0 Å². The molecule has 0 saturated carbocycles. The molecule has 2 rings (SSSR count). The van der Waals surface area contributed by atoms with Crippen LogP contribution in [0.25, 0.3) is 0 Å². The summed E-state index contributed by atoms with van der Waals surface area (Å²) < 4.78 is 5.40. The molecule has 1 aliphatic heterocycles. The number of pyridine rings is 1. The van der Waals surface area contributed by atoms with Gasteiger partial charge in [-0.15, -0.1) is 0 Å². The monoisotopic (exact) mass is 235 g/mol. The van der Waals surface area contributed by atoms with Crippen molar-refractivity contribution >= 4 is 0 Å². The Bertz CT molecular complexity index is 325. The molecule has 1 aliphatic rings. The number of hydrogen-bond acceptors (Lipinski definition) is 4. The van der Waals surface area contributed by atoms with E-state index in [2.05, 4.69) is 16.9 Å². The Morgan fingerprint density at radius 3 is 2.65 bits per heavy atom. The third kappa shape index (κ3) is 3.03. The first kappa shape index (κ1) is 12.5. The summed E-state index contributed by atoms with van der Waals surface area (Å²) in [5, 5.41) is 0.